The molecule has 1 aromatic heterocycles. The van der Waals surface area contributed by atoms with Crippen molar-refractivity contribution in [2.75, 3.05) is 0 Å². The molecule has 0 fully saturated rings. The number of terminal acetylenes is 1. The zero-order valence-electron chi connectivity index (χ0n) is 8.29. The van der Waals surface area contributed by atoms with Crippen LogP contribution < -0.4 is 5.32 Å². The van der Waals surface area contributed by atoms with Crippen molar-refractivity contribution in [1.29, 1.82) is 0 Å². The first kappa shape index (κ1) is 10.3. The second-order valence-electron chi connectivity index (χ2n) is 3.24. The summed E-state index contributed by atoms with van der Waals surface area (Å²) in [7, 11) is 0. The molecule has 1 nitrogen and oxygen atoms in total. The van der Waals surface area contributed by atoms with E-state index < -0.39 is 0 Å². The third-order valence-corrected chi connectivity index (χ3v) is 3.25. The molecule has 0 aromatic carbocycles. The fourth-order valence-electron chi connectivity index (χ4n) is 1.33. The van der Waals surface area contributed by atoms with Crippen molar-refractivity contribution < 1.29 is 0 Å². The van der Waals surface area contributed by atoms with E-state index in [0.29, 0.717) is 6.04 Å². The predicted molar refractivity (Wildman–Crippen MR) is 58.9 cm³/mol. The molecule has 0 spiro atoms. The molecular formula is C11H15NS. The lowest BCUT2D eigenvalue weighted by molar-refractivity contribution is 0.551. The van der Waals surface area contributed by atoms with E-state index in [0.717, 1.165) is 0 Å². The van der Waals surface area contributed by atoms with Gasteiger partial charge in [-0.2, -0.15) is 0 Å². The summed E-state index contributed by atoms with van der Waals surface area (Å²) in [5, 5.41) is 5.46. The molecule has 0 amide bonds. The van der Waals surface area contributed by atoms with E-state index in [1.807, 2.05) is 6.92 Å². The van der Waals surface area contributed by atoms with Crippen molar-refractivity contribution >= 4 is 11.3 Å². The smallest absolute Gasteiger partial charge is 0.0663 e. The SMILES string of the molecule is C#CC(C)NC(C)c1sccc1C. The van der Waals surface area contributed by atoms with Gasteiger partial charge < -0.3 is 0 Å². The molecule has 13 heavy (non-hydrogen) atoms. The maximum Gasteiger partial charge on any atom is 0.0663 e. The normalized spacial score (nSPS) is 14.9. The summed E-state index contributed by atoms with van der Waals surface area (Å²) in [5.41, 5.74) is 1.34. The number of thiophene rings is 1. The van der Waals surface area contributed by atoms with Crippen molar-refractivity contribution in [2.24, 2.45) is 0 Å². The fourth-order valence-corrected chi connectivity index (χ4v) is 2.27. The Kier molecular flexibility index (Phi) is 3.53. The van der Waals surface area contributed by atoms with Gasteiger partial charge in [-0.1, -0.05) is 5.92 Å². The minimum atomic E-state index is 0.136. The Labute approximate surface area is 84.2 Å². The summed E-state index contributed by atoms with van der Waals surface area (Å²) in [6, 6.07) is 2.63. The molecule has 1 N–H and O–H groups in total. The molecule has 0 radical (unpaired) electrons. The summed E-state index contributed by atoms with van der Waals surface area (Å²) in [6.07, 6.45) is 5.30. The lowest BCUT2D eigenvalue weighted by Gasteiger charge is -2.15. The number of rotatable bonds is 3. The van der Waals surface area contributed by atoms with E-state index in [2.05, 4.69) is 36.5 Å². The molecule has 2 heteroatoms. The maximum atomic E-state index is 5.30. The Hall–Kier alpha value is -0.780. The van der Waals surface area contributed by atoms with Gasteiger partial charge in [0.1, 0.15) is 0 Å². The molecule has 1 aromatic rings. The van der Waals surface area contributed by atoms with Crippen LogP contribution in [0.4, 0.5) is 0 Å². The van der Waals surface area contributed by atoms with Gasteiger partial charge >= 0.3 is 0 Å². The monoisotopic (exact) mass is 193 g/mol. The van der Waals surface area contributed by atoms with Crippen molar-refractivity contribution in [3.63, 3.8) is 0 Å². The Morgan fingerprint density at radius 1 is 1.54 bits per heavy atom. The Morgan fingerprint density at radius 2 is 2.23 bits per heavy atom. The third kappa shape index (κ3) is 2.58. The average molecular weight is 193 g/mol. The van der Waals surface area contributed by atoms with Gasteiger partial charge in [-0.25, -0.2) is 0 Å². The Morgan fingerprint density at radius 3 is 2.69 bits per heavy atom. The molecule has 0 aliphatic carbocycles. The largest absolute Gasteiger partial charge is 0.296 e. The number of aryl methyl sites for hydroxylation is 1. The van der Waals surface area contributed by atoms with Crippen LogP contribution in [-0.2, 0) is 0 Å². The van der Waals surface area contributed by atoms with Crippen LogP contribution in [0.3, 0.4) is 0 Å². The van der Waals surface area contributed by atoms with E-state index in [4.69, 9.17) is 6.42 Å². The van der Waals surface area contributed by atoms with Gasteiger partial charge in [0, 0.05) is 10.9 Å². The molecule has 2 unspecified atom stereocenters. The van der Waals surface area contributed by atoms with Gasteiger partial charge in [-0.05, 0) is 37.8 Å². The maximum absolute atomic E-state index is 5.30. The molecule has 70 valence electrons. The average Bonchev–Trinajstić information content (AvgIpc) is 2.51. The van der Waals surface area contributed by atoms with Crippen LogP contribution in [0, 0.1) is 19.3 Å². The van der Waals surface area contributed by atoms with Crippen molar-refractivity contribution in [3.05, 3.63) is 21.9 Å². The van der Waals surface area contributed by atoms with Crippen LogP contribution >= 0.6 is 11.3 Å². The fraction of sp³-hybridized carbons (Fsp3) is 0.455. The summed E-state index contributed by atoms with van der Waals surface area (Å²) in [5.74, 6) is 2.67. The van der Waals surface area contributed by atoms with Gasteiger partial charge in [0.05, 0.1) is 6.04 Å². The van der Waals surface area contributed by atoms with Gasteiger partial charge in [0.2, 0.25) is 0 Å². The topological polar surface area (TPSA) is 12.0 Å². The lowest BCUT2D eigenvalue weighted by Crippen LogP contribution is -2.27. The van der Waals surface area contributed by atoms with Gasteiger partial charge in [-0.15, -0.1) is 17.8 Å². The molecule has 0 saturated heterocycles. The second-order valence-corrected chi connectivity index (χ2v) is 4.19. The highest BCUT2D eigenvalue weighted by molar-refractivity contribution is 7.10. The van der Waals surface area contributed by atoms with E-state index in [9.17, 15) is 0 Å². The van der Waals surface area contributed by atoms with Crippen LogP contribution in [0.1, 0.15) is 30.3 Å². The number of nitrogens with one attached hydrogen (secondary N) is 1. The van der Waals surface area contributed by atoms with Crippen LogP contribution in [0.2, 0.25) is 0 Å². The summed E-state index contributed by atoms with van der Waals surface area (Å²) in [4.78, 5) is 1.38. The summed E-state index contributed by atoms with van der Waals surface area (Å²) < 4.78 is 0. The first-order chi connectivity index (χ1) is 6.15. The quantitative estimate of drug-likeness (QED) is 0.728. The predicted octanol–water partition coefficient (Wildman–Crippen LogP) is 2.73. The van der Waals surface area contributed by atoms with E-state index >= 15 is 0 Å². The Bertz CT molecular complexity index is 308. The van der Waals surface area contributed by atoms with E-state index in [-0.39, 0.29) is 6.04 Å². The number of hydrogen-bond donors (Lipinski definition) is 1. The standard InChI is InChI=1S/C11H15NS/c1-5-9(3)12-10(4)11-8(2)6-7-13-11/h1,6-7,9-10,12H,2-4H3. The summed E-state index contributed by atoms with van der Waals surface area (Å²) in [6.45, 7) is 6.27. The lowest BCUT2D eigenvalue weighted by atomic mass is 10.2. The van der Waals surface area contributed by atoms with E-state index in [1.54, 1.807) is 11.3 Å². The molecule has 2 atom stereocenters. The van der Waals surface area contributed by atoms with Crippen LogP contribution in [-0.4, -0.2) is 6.04 Å². The van der Waals surface area contributed by atoms with Crippen LogP contribution in [0.5, 0.6) is 0 Å². The minimum absolute atomic E-state index is 0.136. The van der Waals surface area contributed by atoms with Gasteiger partial charge in [0.15, 0.2) is 0 Å². The molecule has 1 rings (SSSR count). The van der Waals surface area contributed by atoms with Crippen LogP contribution in [0.25, 0.3) is 0 Å². The van der Waals surface area contributed by atoms with Gasteiger partial charge in [0.25, 0.3) is 0 Å². The Balaban J connectivity index is 2.65. The first-order valence-electron chi connectivity index (χ1n) is 4.41. The molecular weight excluding hydrogens is 178 g/mol. The van der Waals surface area contributed by atoms with Crippen molar-refractivity contribution in [1.82, 2.24) is 5.32 Å². The zero-order chi connectivity index (χ0) is 9.84. The molecule has 0 saturated carbocycles. The highest BCUT2D eigenvalue weighted by Crippen LogP contribution is 2.23. The van der Waals surface area contributed by atoms with Gasteiger partial charge in [-0.3, -0.25) is 5.32 Å². The molecule has 0 bridgehead atoms. The molecule has 0 aliphatic heterocycles. The van der Waals surface area contributed by atoms with Crippen LogP contribution in [0.15, 0.2) is 11.4 Å². The highest BCUT2D eigenvalue weighted by Gasteiger charge is 2.10. The first-order valence-corrected chi connectivity index (χ1v) is 5.29. The zero-order valence-corrected chi connectivity index (χ0v) is 9.11. The second kappa shape index (κ2) is 4.45. The third-order valence-electron chi connectivity index (χ3n) is 2.04. The number of hydrogen-bond acceptors (Lipinski definition) is 2. The van der Waals surface area contributed by atoms with Crippen molar-refractivity contribution in [2.45, 2.75) is 32.9 Å². The molecule has 0 aliphatic rings. The highest BCUT2D eigenvalue weighted by atomic mass is 32.1. The van der Waals surface area contributed by atoms with Crippen molar-refractivity contribution in [3.8, 4) is 12.3 Å². The molecule has 1 heterocycles. The van der Waals surface area contributed by atoms with E-state index in [1.165, 1.54) is 10.4 Å². The summed E-state index contributed by atoms with van der Waals surface area (Å²) >= 11 is 1.78. The minimum Gasteiger partial charge on any atom is -0.296 e.